The van der Waals surface area contributed by atoms with E-state index < -0.39 is 0 Å². The van der Waals surface area contributed by atoms with Crippen LogP contribution >= 0.6 is 11.8 Å². The lowest BCUT2D eigenvalue weighted by Crippen LogP contribution is -1.98. The zero-order valence-electron chi connectivity index (χ0n) is 15.4. The third-order valence-corrected chi connectivity index (χ3v) is 5.45. The number of thioether (sulfide) groups is 1. The van der Waals surface area contributed by atoms with Gasteiger partial charge < -0.3 is 4.42 Å². The SMILES string of the molecule is C1=NN=C(CSc2n[nH]c(-c3ccc(-c4cccc(-c5ccccc5)c4)o3)n2)C1. The van der Waals surface area contributed by atoms with Crippen LogP contribution in [0, 0.1) is 0 Å². The number of nitrogens with zero attached hydrogens (tertiary/aromatic N) is 4. The first-order valence-corrected chi connectivity index (χ1v) is 10.2. The van der Waals surface area contributed by atoms with Gasteiger partial charge in [-0.1, -0.05) is 60.3 Å². The van der Waals surface area contributed by atoms with E-state index >= 15 is 0 Å². The average molecular weight is 399 g/mol. The second kappa shape index (κ2) is 7.89. The van der Waals surface area contributed by atoms with Crippen molar-refractivity contribution < 1.29 is 4.42 Å². The molecule has 0 amide bonds. The Hall–Kier alpha value is -3.45. The molecule has 7 heteroatoms. The second-order valence-electron chi connectivity index (χ2n) is 6.53. The van der Waals surface area contributed by atoms with Crippen molar-refractivity contribution in [1.82, 2.24) is 15.2 Å². The number of aromatic amines is 1. The van der Waals surface area contributed by atoms with Crippen LogP contribution in [0.3, 0.4) is 0 Å². The maximum absolute atomic E-state index is 6.05. The lowest BCUT2D eigenvalue weighted by molar-refractivity contribution is 0.592. The lowest BCUT2D eigenvalue weighted by atomic mass is 10.0. The zero-order chi connectivity index (χ0) is 19.5. The lowest BCUT2D eigenvalue weighted by Gasteiger charge is -2.03. The Bertz CT molecular complexity index is 1190. The minimum absolute atomic E-state index is 0.613. The third-order valence-electron chi connectivity index (χ3n) is 4.53. The van der Waals surface area contributed by atoms with Crippen LogP contribution in [0.4, 0.5) is 0 Å². The summed E-state index contributed by atoms with van der Waals surface area (Å²) in [6.45, 7) is 0. The van der Waals surface area contributed by atoms with Crippen molar-refractivity contribution >= 4 is 23.7 Å². The first-order chi connectivity index (χ1) is 14.3. The van der Waals surface area contributed by atoms with E-state index in [1.165, 1.54) is 17.3 Å². The third kappa shape index (κ3) is 3.90. The number of benzene rings is 2. The molecule has 1 aliphatic rings. The van der Waals surface area contributed by atoms with Crippen LogP contribution in [-0.2, 0) is 0 Å². The van der Waals surface area contributed by atoms with Crippen molar-refractivity contribution in [1.29, 1.82) is 0 Å². The van der Waals surface area contributed by atoms with Gasteiger partial charge in [-0.25, -0.2) is 0 Å². The second-order valence-corrected chi connectivity index (χ2v) is 7.48. The minimum Gasteiger partial charge on any atom is -0.453 e. The highest BCUT2D eigenvalue weighted by Crippen LogP contribution is 2.30. The number of hydrogen-bond acceptors (Lipinski definition) is 6. The van der Waals surface area contributed by atoms with Gasteiger partial charge in [-0.3, -0.25) is 5.10 Å². The quantitative estimate of drug-likeness (QED) is 0.445. The summed E-state index contributed by atoms with van der Waals surface area (Å²) in [5, 5.41) is 15.8. The number of nitrogens with one attached hydrogen (secondary N) is 1. The fraction of sp³-hybridized carbons (Fsp3) is 0.0909. The van der Waals surface area contributed by atoms with Gasteiger partial charge in [-0.2, -0.15) is 15.2 Å². The molecule has 3 heterocycles. The summed E-state index contributed by atoms with van der Waals surface area (Å²) in [5.74, 6) is 2.79. The van der Waals surface area contributed by atoms with Crippen LogP contribution in [0.5, 0.6) is 0 Å². The molecule has 0 atom stereocenters. The first-order valence-electron chi connectivity index (χ1n) is 9.24. The molecule has 2 aromatic heterocycles. The fourth-order valence-corrected chi connectivity index (χ4v) is 3.81. The van der Waals surface area contributed by atoms with E-state index in [9.17, 15) is 0 Å². The van der Waals surface area contributed by atoms with Gasteiger partial charge in [0.25, 0.3) is 0 Å². The Kier molecular flexibility index (Phi) is 4.80. The van der Waals surface area contributed by atoms with Crippen LogP contribution < -0.4 is 0 Å². The minimum atomic E-state index is 0.613. The number of hydrogen-bond donors (Lipinski definition) is 1. The molecular formula is C22H17N5OS. The zero-order valence-corrected chi connectivity index (χ0v) is 16.3. The van der Waals surface area contributed by atoms with E-state index in [4.69, 9.17) is 4.42 Å². The van der Waals surface area contributed by atoms with Gasteiger partial charge >= 0.3 is 0 Å². The van der Waals surface area contributed by atoms with E-state index in [0.717, 1.165) is 34.8 Å². The van der Waals surface area contributed by atoms with Crippen molar-refractivity contribution in [3.63, 3.8) is 0 Å². The molecule has 2 aromatic carbocycles. The van der Waals surface area contributed by atoms with Gasteiger partial charge in [0.05, 0.1) is 5.71 Å². The summed E-state index contributed by atoms with van der Waals surface area (Å²) in [7, 11) is 0. The Morgan fingerprint density at radius 2 is 1.72 bits per heavy atom. The molecular weight excluding hydrogens is 382 g/mol. The highest BCUT2D eigenvalue weighted by Gasteiger charge is 2.13. The topological polar surface area (TPSA) is 79.4 Å². The van der Waals surface area contributed by atoms with Crippen LogP contribution in [0.15, 0.2) is 86.5 Å². The van der Waals surface area contributed by atoms with E-state index in [1.807, 2.05) is 42.5 Å². The van der Waals surface area contributed by atoms with Gasteiger partial charge in [-0.05, 0) is 29.3 Å². The molecule has 0 radical (unpaired) electrons. The monoisotopic (exact) mass is 399 g/mol. The molecule has 5 rings (SSSR count). The molecule has 1 N–H and O–H groups in total. The summed E-state index contributed by atoms with van der Waals surface area (Å²) in [6.07, 6.45) is 2.60. The van der Waals surface area contributed by atoms with E-state index in [1.54, 1.807) is 6.21 Å². The molecule has 0 aliphatic carbocycles. The van der Waals surface area contributed by atoms with Crippen LogP contribution in [0.25, 0.3) is 34.0 Å². The Morgan fingerprint density at radius 3 is 2.59 bits per heavy atom. The van der Waals surface area contributed by atoms with Crippen molar-refractivity contribution in [3.05, 3.63) is 66.7 Å². The van der Waals surface area contributed by atoms with Gasteiger partial charge in [-0.15, -0.1) is 5.10 Å². The predicted octanol–water partition coefficient (Wildman–Crippen LogP) is 5.32. The predicted molar refractivity (Wildman–Crippen MR) is 116 cm³/mol. The number of furan rings is 1. The molecule has 1 aliphatic heterocycles. The summed E-state index contributed by atoms with van der Waals surface area (Å²) in [5.41, 5.74) is 4.37. The summed E-state index contributed by atoms with van der Waals surface area (Å²) in [4.78, 5) is 4.52. The molecule has 0 unspecified atom stereocenters. The van der Waals surface area contributed by atoms with Crippen LogP contribution in [0.2, 0.25) is 0 Å². The fourth-order valence-electron chi connectivity index (χ4n) is 3.07. The van der Waals surface area contributed by atoms with Gasteiger partial charge in [0.15, 0.2) is 11.6 Å². The van der Waals surface area contributed by atoms with Crippen molar-refractivity contribution in [3.8, 4) is 34.0 Å². The van der Waals surface area contributed by atoms with Crippen molar-refractivity contribution in [2.45, 2.75) is 11.6 Å². The Balaban J connectivity index is 1.33. The maximum atomic E-state index is 6.05. The van der Waals surface area contributed by atoms with Crippen molar-refractivity contribution in [2.75, 3.05) is 5.75 Å². The molecule has 0 bridgehead atoms. The molecule has 0 spiro atoms. The normalized spacial score (nSPS) is 13.0. The maximum Gasteiger partial charge on any atom is 0.209 e. The van der Waals surface area contributed by atoms with E-state index in [2.05, 4.69) is 49.6 Å². The molecule has 4 aromatic rings. The Labute approximate surface area is 171 Å². The van der Waals surface area contributed by atoms with Gasteiger partial charge in [0.1, 0.15) is 5.76 Å². The summed E-state index contributed by atoms with van der Waals surface area (Å²) in [6, 6.07) is 22.5. The van der Waals surface area contributed by atoms with Crippen LogP contribution in [-0.4, -0.2) is 32.9 Å². The standard InChI is InChI=1S/C22H17N5OS/c1-2-5-15(6-3-1)16-7-4-8-17(13-16)19-9-10-20(28-19)21-24-22(27-26-21)29-14-18-11-12-23-25-18/h1-10,12-13H,11,14H2,(H,24,26,27). The highest BCUT2D eigenvalue weighted by atomic mass is 32.2. The molecule has 29 heavy (non-hydrogen) atoms. The highest BCUT2D eigenvalue weighted by molar-refractivity contribution is 7.99. The number of aromatic nitrogens is 3. The number of H-pyrrole nitrogens is 1. The Morgan fingerprint density at radius 1 is 0.897 bits per heavy atom. The summed E-state index contributed by atoms with van der Waals surface area (Å²) >= 11 is 1.53. The van der Waals surface area contributed by atoms with E-state index in [0.29, 0.717) is 16.7 Å². The number of rotatable bonds is 6. The van der Waals surface area contributed by atoms with Crippen LogP contribution in [0.1, 0.15) is 6.42 Å². The van der Waals surface area contributed by atoms with Crippen molar-refractivity contribution in [2.24, 2.45) is 10.2 Å². The largest absolute Gasteiger partial charge is 0.453 e. The first kappa shape index (κ1) is 17.6. The molecule has 6 nitrogen and oxygen atoms in total. The molecule has 0 fully saturated rings. The molecule has 142 valence electrons. The van der Waals surface area contributed by atoms with E-state index in [-0.39, 0.29) is 0 Å². The molecule has 0 saturated carbocycles. The average Bonchev–Trinajstić information content (AvgIpc) is 3.54. The van der Waals surface area contributed by atoms with Gasteiger partial charge in [0, 0.05) is 24.0 Å². The van der Waals surface area contributed by atoms with Gasteiger partial charge in [0.2, 0.25) is 5.16 Å². The smallest absolute Gasteiger partial charge is 0.209 e. The summed E-state index contributed by atoms with van der Waals surface area (Å²) < 4.78 is 6.05. The molecule has 0 saturated heterocycles.